The number of hydrogen-bond donors (Lipinski definition) is 2. The second-order valence-corrected chi connectivity index (χ2v) is 6.08. The monoisotopic (exact) mass is 296 g/mol. The van der Waals surface area contributed by atoms with E-state index in [0.717, 1.165) is 0 Å². The molecule has 7 heteroatoms. The average molecular weight is 296 g/mol. The topological polar surface area (TPSA) is 106 Å². The van der Waals surface area contributed by atoms with E-state index in [-0.39, 0.29) is 6.54 Å². The fourth-order valence-corrected chi connectivity index (χ4v) is 2.29. The van der Waals surface area contributed by atoms with Gasteiger partial charge in [0.25, 0.3) is 0 Å². The third-order valence-electron chi connectivity index (χ3n) is 3.29. The van der Waals surface area contributed by atoms with Gasteiger partial charge in [-0.15, -0.1) is 0 Å². The fourth-order valence-electron chi connectivity index (χ4n) is 2.29. The molecule has 3 N–H and O–H groups in total. The molecule has 0 spiro atoms. The van der Waals surface area contributed by atoms with E-state index in [1.807, 2.05) is 0 Å². The standard InChI is InChI=1S/C14H20N2O5/c1-14(2,3)21-13(19)8-7-16(11(8)15)10(12(17)18)9-5-4-6-20-9/h4-6,8,10-11H,7,15H2,1-3H3,(H,17,18)/t8-,10-,11+/m1/s1. The Morgan fingerprint density at radius 1 is 1.52 bits per heavy atom. The Balaban J connectivity index is 2.05. The first kappa shape index (κ1) is 15.5. The van der Waals surface area contributed by atoms with Gasteiger partial charge in [0, 0.05) is 6.54 Å². The number of ether oxygens (including phenoxy) is 1. The number of rotatable bonds is 4. The van der Waals surface area contributed by atoms with Crippen LogP contribution in [0.5, 0.6) is 0 Å². The number of carboxylic acid groups (broad SMARTS) is 1. The minimum absolute atomic E-state index is 0.230. The smallest absolute Gasteiger partial charge is 0.328 e. The van der Waals surface area contributed by atoms with Gasteiger partial charge in [-0.05, 0) is 32.9 Å². The van der Waals surface area contributed by atoms with Crippen molar-refractivity contribution in [2.75, 3.05) is 6.54 Å². The van der Waals surface area contributed by atoms with Gasteiger partial charge in [0.1, 0.15) is 11.4 Å². The maximum Gasteiger partial charge on any atom is 0.328 e. The lowest BCUT2D eigenvalue weighted by Crippen LogP contribution is -2.66. The molecule has 0 unspecified atom stereocenters. The second-order valence-electron chi connectivity index (χ2n) is 6.08. The van der Waals surface area contributed by atoms with Gasteiger partial charge in [-0.25, -0.2) is 0 Å². The van der Waals surface area contributed by atoms with Crippen molar-refractivity contribution in [1.82, 2.24) is 4.90 Å². The third kappa shape index (κ3) is 3.25. The molecule has 1 aromatic heterocycles. The van der Waals surface area contributed by atoms with Crippen LogP contribution in [0, 0.1) is 5.92 Å². The summed E-state index contributed by atoms with van der Waals surface area (Å²) >= 11 is 0. The molecule has 0 saturated carbocycles. The Morgan fingerprint density at radius 2 is 2.19 bits per heavy atom. The summed E-state index contributed by atoms with van der Waals surface area (Å²) < 4.78 is 10.4. The molecule has 1 fully saturated rings. The van der Waals surface area contributed by atoms with Crippen LogP contribution in [0.15, 0.2) is 22.8 Å². The number of nitrogens with zero attached hydrogens (tertiary/aromatic N) is 1. The normalized spacial score (nSPS) is 24.2. The largest absolute Gasteiger partial charge is 0.480 e. The third-order valence-corrected chi connectivity index (χ3v) is 3.29. The van der Waals surface area contributed by atoms with Crippen LogP contribution in [0.25, 0.3) is 0 Å². The first-order valence-corrected chi connectivity index (χ1v) is 6.71. The minimum Gasteiger partial charge on any atom is -0.480 e. The number of carbonyl (C=O) groups excluding carboxylic acids is 1. The van der Waals surface area contributed by atoms with Crippen LogP contribution >= 0.6 is 0 Å². The molecule has 21 heavy (non-hydrogen) atoms. The maximum atomic E-state index is 12.0. The molecule has 0 aromatic carbocycles. The van der Waals surface area contributed by atoms with E-state index >= 15 is 0 Å². The van der Waals surface area contributed by atoms with Crippen molar-refractivity contribution >= 4 is 11.9 Å². The lowest BCUT2D eigenvalue weighted by molar-refractivity contribution is -0.177. The molecule has 0 amide bonds. The molecule has 1 aliphatic rings. The number of carboxylic acids is 1. The summed E-state index contributed by atoms with van der Waals surface area (Å²) in [6, 6.07) is 2.20. The molecule has 1 aromatic rings. The van der Waals surface area contributed by atoms with E-state index in [1.54, 1.807) is 32.9 Å². The lowest BCUT2D eigenvalue weighted by atomic mass is 9.92. The predicted octanol–water partition coefficient (Wildman–Crippen LogP) is 0.964. The molecule has 0 bridgehead atoms. The number of nitrogens with two attached hydrogens (primary N) is 1. The van der Waals surface area contributed by atoms with Crippen LogP contribution in [-0.4, -0.2) is 40.3 Å². The van der Waals surface area contributed by atoms with E-state index in [4.69, 9.17) is 14.9 Å². The second kappa shape index (κ2) is 5.50. The average Bonchev–Trinajstić information content (AvgIpc) is 2.83. The van der Waals surface area contributed by atoms with Gasteiger partial charge in [0.15, 0.2) is 6.04 Å². The molecule has 1 aliphatic heterocycles. The molecular formula is C14H20N2O5. The fraction of sp³-hybridized carbons (Fsp3) is 0.571. The number of carbonyl (C=O) groups is 2. The Morgan fingerprint density at radius 3 is 2.62 bits per heavy atom. The zero-order valence-electron chi connectivity index (χ0n) is 12.3. The van der Waals surface area contributed by atoms with Gasteiger partial charge in [-0.3, -0.25) is 14.5 Å². The summed E-state index contributed by atoms with van der Waals surface area (Å²) in [5, 5.41) is 9.34. The van der Waals surface area contributed by atoms with E-state index < -0.39 is 35.7 Å². The summed E-state index contributed by atoms with van der Waals surface area (Å²) in [7, 11) is 0. The van der Waals surface area contributed by atoms with Crippen molar-refractivity contribution in [3.05, 3.63) is 24.2 Å². The first-order chi connectivity index (χ1) is 9.70. The van der Waals surface area contributed by atoms with Crippen LogP contribution in [-0.2, 0) is 14.3 Å². The van der Waals surface area contributed by atoms with Crippen molar-refractivity contribution in [3.63, 3.8) is 0 Å². The molecular weight excluding hydrogens is 276 g/mol. The Hall–Kier alpha value is -1.86. The highest BCUT2D eigenvalue weighted by molar-refractivity contribution is 5.78. The Bertz CT molecular complexity index is 520. The van der Waals surface area contributed by atoms with Crippen molar-refractivity contribution < 1.29 is 23.8 Å². The van der Waals surface area contributed by atoms with Crippen LogP contribution in [0.2, 0.25) is 0 Å². The first-order valence-electron chi connectivity index (χ1n) is 6.71. The highest BCUT2D eigenvalue weighted by atomic mass is 16.6. The van der Waals surface area contributed by atoms with E-state index in [1.165, 1.54) is 11.2 Å². The zero-order chi connectivity index (χ0) is 15.8. The summed E-state index contributed by atoms with van der Waals surface area (Å²) in [5.41, 5.74) is 5.36. The summed E-state index contributed by atoms with van der Waals surface area (Å²) in [5.74, 6) is -1.71. The summed E-state index contributed by atoms with van der Waals surface area (Å²) in [6.07, 6.45) is 0.702. The molecule has 7 nitrogen and oxygen atoms in total. The van der Waals surface area contributed by atoms with Gasteiger partial charge in [0.05, 0.1) is 18.3 Å². The van der Waals surface area contributed by atoms with Gasteiger partial charge >= 0.3 is 11.9 Å². The quantitative estimate of drug-likeness (QED) is 0.797. The SMILES string of the molecule is CC(C)(C)OC(=O)[C@@H]1CN([C@@H](C(=O)O)c2ccco2)[C@@H]1N. The van der Waals surface area contributed by atoms with Gasteiger partial charge in [-0.2, -0.15) is 0 Å². The summed E-state index contributed by atoms with van der Waals surface area (Å²) in [4.78, 5) is 24.9. The van der Waals surface area contributed by atoms with Crippen LogP contribution in [0.4, 0.5) is 0 Å². The van der Waals surface area contributed by atoms with Crippen LogP contribution < -0.4 is 5.73 Å². The molecule has 0 radical (unpaired) electrons. The van der Waals surface area contributed by atoms with Crippen molar-refractivity contribution in [2.45, 2.75) is 38.6 Å². The molecule has 3 atom stereocenters. The van der Waals surface area contributed by atoms with Crippen LogP contribution in [0.1, 0.15) is 32.6 Å². The highest BCUT2D eigenvalue weighted by Crippen LogP contribution is 2.33. The molecule has 2 rings (SSSR count). The number of aliphatic carboxylic acids is 1. The van der Waals surface area contributed by atoms with E-state index in [0.29, 0.717) is 5.76 Å². The van der Waals surface area contributed by atoms with E-state index in [2.05, 4.69) is 0 Å². The number of likely N-dealkylation sites (tertiary alicyclic amines) is 1. The van der Waals surface area contributed by atoms with Crippen molar-refractivity contribution in [3.8, 4) is 0 Å². The maximum absolute atomic E-state index is 12.0. The number of hydrogen-bond acceptors (Lipinski definition) is 6. The van der Waals surface area contributed by atoms with Crippen molar-refractivity contribution in [2.24, 2.45) is 11.7 Å². The number of furan rings is 1. The van der Waals surface area contributed by atoms with Gasteiger partial charge in [0.2, 0.25) is 0 Å². The Kier molecular flexibility index (Phi) is 4.06. The number of esters is 1. The van der Waals surface area contributed by atoms with Crippen molar-refractivity contribution in [1.29, 1.82) is 0 Å². The zero-order valence-corrected chi connectivity index (χ0v) is 12.3. The molecule has 1 saturated heterocycles. The summed E-state index contributed by atoms with van der Waals surface area (Å²) in [6.45, 7) is 5.55. The molecule has 0 aliphatic carbocycles. The van der Waals surface area contributed by atoms with E-state index in [9.17, 15) is 14.7 Å². The lowest BCUT2D eigenvalue weighted by Gasteiger charge is -2.47. The molecule has 2 heterocycles. The van der Waals surface area contributed by atoms with Gasteiger partial charge in [-0.1, -0.05) is 0 Å². The molecule has 116 valence electrons. The van der Waals surface area contributed by atoms with Gasteiger partial charge < -0.3 is 20.0 Å². The Labute approximate surface area is 122 Å². The predicted molar refractivity (Wildman–Crippen MR) is 73.1 cm³/mol. The minimum atomic E-state index is -1.07. The highest BCUT2D eigenvalue weighted by Gasteiger charge is 2.49. The van der Waals surface area contributed by atoms with Crippen LogP contribution in [0.3, 0.4) is 0 Å².